The van der Waals surface area contributed by atoms with Crippen LogP contribution in [0.15, 0.2) is 61.2 Å². The Balaban J connectivity index is 1.55. The highest BCUT2D eigenvalue weighted by Gasteiger charge is 2.10. The van der Waals surface area contributed by atoms with E-state index in [1.165, 1.54) is 0 Å². The van der Waals surface area contributed by atoms with Crippen molar-refractivity contribution in [1.29, 1.82) is 0 Å². The maximum Gasteiger partial charge on any atom is 0.315 e. The zero-order chi connectivity index (χ0) is 17.6. The largest absolute Gasteiger partial charge is 0.334 e. The van der Waals surface area contributed by atoms with E-state index in [0.29, 0.717) is 6.54 Å². The third-order valence-electron chi connectivity index (χ3n) is 3.96. The van der Waals surface area contributed by atoms with Crippen LogP contribution in [0.1, 0.15) is 24.1 Å². The molecule has 25 heavy (non-hydrogen) atoms. The van der Waals surface area contributed by atoms with E-state index in [9.17, 15) is 4.79 Å². The topological polar surface area (TPSA) is 71.8 Å². The van der Waals surface area contributed by atoms with Gasteiger partial charge in [0, 0.05) is 37.7 Å². The molecule has 0 aliphatic rings. The number of hydrogen-bond donors (Lipinski definition) is 2. The molecule has 0 saturated heterocycles. The number of carbonyl (C=O) groups is 1. The molecule has 0 aliphatic carbocycles. The lowest BCUT2D eigenvalue weighted by Crippen LogP contribution is -2.36. The average Bonchev–Trinajstić information content (AvgIpc) is 3.06. The molecule has 1 atom stereocenters. The summed E-state index contributed by atoms with van der Waals surface area (Å²) in [6, 6.07) is 11.8. The van der Waals surface area contributed by atoms with E-state index in [2.05, 4.69) is 20.7 Å². The number of rotatable bonds is 5. The quantitative estimate of drug-likeness (QED) is 0.753. The van der Waals surface area contributed by atoms with Crippen LogP contribution in [0.2, 0.25) is 0 Å². The van der Waals surface area contributed by atoms with Gasteiger partial charge in [-0.15, -0.1) is 0 Å². The first-order valence-corrected chi connectivity index (χ1v) is 8.14. The Morgan fingerprint density at radius 2 is 1.96 bits per heavy atom. The van der Waals surface area contributed by atoms with E-state index in [0.717, 1.165) is 22.3 Å². The molecular formula is C19H21N5O. The van der Waals surface area contributed by atoms with Crippen molar-refractivity contribution in [1.82, 2.24) is 25.4 Å². The Morgan fingerprint density at radius 3 is 2.60 bits per heavy atom. The van der Waals surface area contributed by atoms with Crippen LogP contribution in [-0.4, -0.2) is 20.8 Å². The van der Waals surface area contributed by atoms with Crippen molar-refractivity contribution in [2.45, 2.75) is 19.5 Å². The normalized spacial score (nSPS) is 11.8. The number of aryl methyl sites for hydroxylation is 1. The van der Waals surface area contributed by atoms with E-state index >= 15 is 0 Å². The molecule has 0 unspecified atom stereocenters. The van der Waals surface area contributed by atoms with Crippen molar-refractivity contribution in [3.8, 4) is 11.1 Å². The number of nitrogens with one attached hydrogen (secondary N) is 2. The molecule has 6 heteroatoms. The van der Waals surface area contributed by atoms with E-state index in [-0.39, 0.29) is 12.1 Å². The van der Waals surface area contributed by atoms with E-state index in [1.807, 2.05) is 62.8 Å². The van der Waals surface area contributed by atoms with Crippen molar-refractivity contribution in [3.05, 3.63) is 72.3 Å². The van der Waals surface area contributed by atoms with Crippen LogP contribution in [0.3, 0.4) is 0 Å². The first-order chi connectivity index (χ1) is 12.1. The fraction of sp³-hybridized carbons (Fsp3) is 0.211. The second-order valence-electron chi connectivity index (χ2n) is 5.93. The monoisotopic (exact) mass is 335 g/mol. The Morgan fingerprint density at radius 1 is 1.16 bits per heavy atom. The minimum absolute atomic E-state index is 0.0863. The molecule has 0 aliphatic heterocycles. The molecule has 0 saturated carbocycles. The van der Waals surface area contributed by atoms with Crippen molar-refractivity contribution in [2.75, 3.05) is 0 Å². The zero-order valence-corrected chi connectivity index (χ0v) is 14.3. The molecule has 2 aromatic heterocycles. The molecular weight excluding hydrogens is 314 g/mol. The number of amides is 2. The zero-order valence-electron chi connectivity index (χ0n) is 14.3. The summed E-state index contributed by atoms with van der Waals surface area (Å²) in [5, 5.41) is 9.86. The van der Waals surface area contributed by atoms with Gasteiger partial charge in [-0.25, -0.2) is 4.79 Å². The molecule has 0 fully saturated rings. The van der Waals surface area contributed by atoms with Gasteiger partial charge in [-0.1, -0.05) is 30.3 Å². The molecule has 2 N–H and O–H groups in total. The molecule has 0 bridgehead atoms. The second kappa shape index (κ2) is 7.61. The van der Waals surface area contributed by atoms with E-state index in [1.54, 1.807) is 17.1 Å². The number of carbonyl (C=O) groups excluding carboxylic acids is 1. The van der Waals surface area contributed by atoms with Gasteiger partial charge < -0.3 is 10.6 Å². The first kappa shape index (κ1) is 16.7. The average molecular weight is 335 g/mol. The van der Waals surface area contributed by atoms with Crippen LogP contribution >= 0.6 is 0 Å². The Hall–Kier alpha value is -3.15. The highest BCUT2D eigenvalue weighted by atomic mass is 16.2. The van der Waals surface area contributed by atoms with Gasteiger partial charge in [0.2, 0.25) is 0 Å². The number of pyridine rings is 1. The van der Waals surface area contributed by atoms with Crippen molar-refractivity contribution in [2.24, 2.45) is 7.05 Å². The minimum Gasteiger partial charge on any atom is -0.334 e. The summed E-state index contributed by atoms with van der Waals surface area (Å²) in [7, 11) is 1.85. The summed E-state index contributed by atoms with van der Waals surface area (Å²) in [4.78, 5) is 16.2. The molecule has 0 spiro atoms. The van der Waals surface area contributed by atoms with Crippen LogP contribution in [0, 0.1) is 0 Å². The lowest BCUT2D eigenvalue weighted by atomic mass is 10.0. The van der Waals surface area contributed by atoms with Crippen molar-refractivity contribution in [3.63, 3.8) is 0 Å². The van der Waals surface area contributed by atoms with Gasteiger partial charge in [0.05, 0.1) is 12.2 Å². The molecule has 1 aromatic carbocycles. The van der Waals surface area contributed by atoms with Crippen LogP contribution in [-0.2, 0) is 13.6 Å². The van der Waals surface area contributed by atoms with Gasteiger partial charge in [-0.2, -0.15) is 5.10 Å². The van der Waals surface area contributed by atoms with Gasteiger partial charge in [-0.05, 0) is 29.7 Å². The second-order valence-corrected chi connectivity index (χ2v) is 5.93. The van der Waals surface area contributed by atoms with Gasteiger partial charge in [0.1, 0.15) is 0 Å². The molecule has 2 amide bonds. The third kappa shape index (κ3) is 4.44. The molecule has 3 rings (SSSR count). The molecule has 3 aromatic rings. The van der Waals surface area contributed by atoms with Crippen LogP contribution in [0.25, 0.3) is 11.1 Å². The highest BCUT2D eigenvalue weighted by Crippen LogP contribution is 2.21. The highest BCUT2D eigenvalue weighted by molar-refractivity contribution is 5.74. The summed E-state index contributed by atoms with van der Waals surface area (Å²) >= 11 is 0. The lowest BCUT2D eigenvalue weighted by molar-refractivity contribution is 0.237. The van der Waals surface area contributed by atoms with Crippen LogP contribution in [0.4, 0.5) is 4.79 Å². The number of aromatic nitrogens is 3. The van der Waals surface area contributed by atoms with E-state index < -0.39 is 0 Å². The van der Waals surface area contributed by atoms with Crippen molar-refractivity contribution < 1.29 is 4.79 Å². The summed E-state index contributed by atoms with van der Waals surface area (Å²) < 4.78 is 1.71. The van der Waals surface area contributed by atoms with Crippen molar-refractivity contribution >= 4 is 6.03 Å². The van der Waals surface area contributed by atoms with Crippen LogP contribution < -0.4 is 10.6 Å². The summed E-state index contributed by atoms with van der Waals surface area (Å²) in [5.41, 5.74) is 4.18. The third-order valence-corrected chi connectivity index (χ3v) is 3.96. The molecule has 0 radical (unpaired) electrons. The van der Waals surface area contributed by atoms with Gasteiger partial charge in [0.15, 0.2) is 0 Å². The number of hydrogen-bond acceptors (Lipinski definition) is 3. The minimum atomic E-state index is -0.201. The Labute approximate surface area is 146 Å². The van der Waals surface area contributed by atoms with Crippen LogP contribution in [0.5, 0.6) is 0 Å². The fourth-order valence-corrected chi connectivity index (χ4v) is 2.57. The van der Waals surface area contributed by atoms with Gasteiger partial charge in [-0.3, -0.25) is 9.67 Å². The number of benzene rings is 1. The number of urea groups is 1. The van der Waals surface area contributed by atoms with Gasteiger partial charge in [0.25, 0.3) is 0 Å². The maximum absolute atomic E-state index is 12.0. The Bertz CT molecular complexity index is 827. The first-order valence-electron chi connectivity index (χ1n) is 8.14. The summed E-state index contributed by atoms with van der Waals surface area (Å²) in [6.07, 6.45) is 7.21. The standard InChI is InChI=1S/C19H21N5O/c1-14(23-19(25)21-10-15-11-22-24(2)13-15)16-5-7-17(8-6-16)18-4-3-9-20-12-18/h3-9,11-14H,10H2,1-2H3,(H2,21,23,25)/t14-/m1/s1. The SMILES string of the molecule is C[C@@H](NC(=O)NCc1cnn(C)c1)c1ccc(-c2cccnc2)cc1. The fourth-order valence-electron chi connectivity index (χ4n) is 2.57. The van der Waals surface area contributed by atoms with Gasteiger partial charge >= 0.3 is 6.03 Å². The summed E-state index contributed by atoms with van der Waals surface area (Å²) in [5.74, 6) is 0. The number of nitrogens with zero attached hydrogens (tertiary/aromatic N) is 3. The maximum atomic E-state index is 12.0. The smallest absolute Gasteiger partial charge is 0.315 e. The lowest BCUT2D eigenvalue weighted by Gasteiger charge is -2.15. The predicted molar refractivity (Wildman–Crippen MR) is 96.7 cm³/mol. The molecule has 128 valence electrons. The van der Waals surface area contributed by atoms with E-state index in [4.69, 9.17) is 0 Å². The molecule has 2 heterocycles. The predicted octanol–water partition coefficient (Wildman–Crippen LogP) is 3.04. The molecule has 6 nitrogen and oxygen atoms in total. The summed E-state index contributed by atoms with van der Waals surface area (Å²) in [6.45, 7) is 2.41. The Kier molecular flexibility index (Phi) is 5.09.